The minimum Gasteiger partial charge on any atom is -0.484 e. The number of nitrogens with zero attached hydrogens (tertiary/aromatic N) is 2. The molecule has 1 saturated heterocycles. The second-order valence-electron chi connectivity index (χ2n) is 7.46. The first-order valence-corrected chi connectivity index (χ1v) is 9.48. The molecule has 2 aromatic rings. The zero-order valence-corrected chi connectivity index (χ0v) is 15.8. The molecule has 1 fully saturated rings. The molecule has 2 atom stereocenters. The lowest BCUT2D eigenvalue weighted by Gasteiger charge is -2.42. The quantitative estimate of drug-likeness (QED) is 0.876. The summed E-state index contributed by atoms with van der Waals surface area (Å²) in [6, 6.07) is 12.6. The highest BCUT2D eigenvalue weighted by atomic mass is 16.5. The van der Waals surface area contributed by atoms with Crippen LogP contribution in [0, 0.1) is 5.92 Å². The van der Waals surface area contributed by atoms with Crippen molar-refractivity contribution < 1.29 is 14.3 Å². The second kappa shape index (κ2) is 7.50. The summed E-state index contributed by atoms with van der Waals surface area (Å²) < 4.78 is 7.18. The monoisotopic (exact) mass is 381 g/mol. The molecule has 2 aliphatic rings. The average molecular weight is 381 g/mol. The van der Waals surface area contributed by atoms with Crippen LogP contribution in [0.2, 0.25) is 0 Å². The summed E-state index contributed by atoms with van der Waals surface area (Å²) in [4.78, 5) is 38.7. The van der Waals surface area contributed by atoms with Crippen LogP contribution in [-0.4, -0.2) is 41.0 Å². The first-order valence-electron chi connectivity index (χ1n) is 9.48. The van der Waals surface area contributed by atoms with Gasteiger partial charge >= 0.3 is 0 Å². The Morgan fingerprint density at radius 3 is 2.64 bits per heavy atom. The van der Waals surface area contributed by atoms with Crippen molar-refractivity contribution in [1.82, 2.24) is 9.47 Å². The fourth-order valence-electron chi connectivity index (χ4n) is 4.15. The smallest absolute Gasteiger partial charge is 0.274 e. The molecule has 1 N–H and O–H groups in total. The Kier molecular flexibility index (Phi) is 4.90. The maximum Gasteiger partial charge on any atom is 0.274 e. The van der Waals surface area contributed by atoms with Gasteiger partial charge in [0, 0.05) is 38.2 Å². The van der Waals surface area contributed by atoms with E-state index in [4.69, 9.17) is 4.74 Å². The van der Waals surface area contributed by atoms with Gasteiger partial charge in [0.2, 0.25) is 5.91 Å². The maximum absolute atomic E-state index is 12.9. The lowest BCUT2D eigenvalue weighted by atomic mass is 9.83. The van der Waals surface area contributed by atoms with Crippen molar-refractivity contribution in [2.75, 3.05) is 25.0 Å². The topological polar surface area (TPSA) is 80.6 Å². The molecule has 7 nitrogen and oxygen atoms in total. The number of anilines is 1. The van der Waals surface area contributed by atoms with Crippen molar-refractivity contribution in [2.45, 2.75) is 25.8 Å². The number of para-hydroxylation sites is 1. The van der Waals surface area contributed by atoms with Gasteiger partial charge in [0.05, 0.1) is 0 Å². The molecule has 0 aliphatic carbocycles. The fourth-order valence-corrected chi connectivity index (χ4v) is 4.15. The zero-order chi connectivity index (χ0) is 19.7. The van der Waals surface area contributed by atoms with Crippen molar-refractivity contribution in [3.63, 3.8) is 0 Å². The highest BCUT2D eigenvalue weighted by Gasteiger charge is 2.35. The number of fused-ring (bicyclic) bond motifs is 4. The van der Waals surface area contributed by atoms with Crippen LogP contribution in [-0.2, 0) is 16.1 Å². The summed E-state index contributed by atoms with van der Waals surface area (Å²) in [5.41, 5.74) is 0.996. The molecule has 1 aromatic heterocycles. The number of ether oxygens (including phenoxy) is 1. The first-order chi connectivity index (χ1) is 13.5. The lowest BCUT2D eigenvalue weighted by Crippen LogP contribution is -2.48. The van der Waals surface area contributed by atoms with E-state index in [-0.39, 0.29) is 41.5 Å². The third-order valence-electron chi connectivity index (χ3n) is 5.44. The molecule has 1 aromatic carbocycles. The van der Waals surface area contributed by atoms with E-state index >= 15 is 0 Å². The Labute approximate surface area is 162 Å². The summed E-state index contributed by atoms with van der Waals surface area (Å²) in [5.74, 6) is 0.728. The van der Waals surface area contributed by atoms with Crippen LogP contribution in [0.15, 0.2) is 47.3 Å². The van der Waals surface area contributed by atoms with E-state index in [9.17, 15) is 14.4 Å². The summed E-state index contributed by atoms with van der Waals surface area (Å²) in [5, 5.41) is 2.66. The minimum absolute atomic E-state index is 0.0767. The zero-order valence-electron chi connectivity index (χ0n) is 15.8. The molecule has 0 unspecified atom stereocenters. The van der Waals surface area contributed by atoms with Crippen LogP contribution in [0.25, 0.3) is 0 Å². The molecule has 0 radical (unpaired) electrons. The number of hydrogen-bond donors (Lipinski definition) is 1. The van der Waals surface area contributed by atoms with Crippen molar-refractivity contribution >= 4 is 17.5 Å². The Balaban J connectivity index is 1.48. The highest BCUT2D eigenvalue weighted by molar-refractivity contribution is 5.91. The number of rotatable bonds is 4. The molecule has 7 heteroatoms. The first kappa shape index (κ1) is 18.3. The molecular weight excluding hydrogens is 358 g/mol. The molecule has 28 heavy (non-hydrogen) atoms. The number of carbonyl (C=O) groups excluding carboxylic acids is 2. The van der Waals surface area contributed by atoms with Gasteiger partial charge in [0.15, 0.2) is 6.61 Å². The average Bonchev–Trinajstić information content (AvgIpc) is 2.69. The lowest BCUT2D eigenvalue weighted by molar-refractivity contribution is -0.131. The van der Waals surface area contributed by atoms with Crippen LogP contribution >= 0.6 is 0 Å². The van der Waals surface area contributed by atoms with E-state index in [2.05, 4.69) is 5.32 Å². The van der Waals surface area contributed by atoms with Crippen LogP contribution in [0.1, 0.15) is 25.0 Å². The van der Waals surface area contributed by atoms with E-state index in [1.54, 1.807) is 29.7 Å². The molecule has 2 bridgehead atoms. The van der Waals surface area contributed by atoms with E-state index in [0.29, 0.717) is 25.4 Å². The van der Waals surface area contributed by atoms with Crippen LogP contribution in [0.4, 0.5) is 5.69 Å². The second-order valence-corrected chi connectivity index (χ2v) is 7.46. The number of amides is 2. The molecular formula is C21H23N3O4. The molecule has 146 valence electrons. The predicted molar refractivity (Wildman–Crippen MR) is 104 cm³/mol. The Hall–Kier alpha value is -3.09. The molecule has 3 heterocycles. The van der Waals surface area contributed by atoms with Crippen molar-refractivity contribution in [1.29, 1.82) is 0 Å². The van der Waals surface area contributed by atoms with Crippen molar-refractivity contribution in [2.24, 2.45) is 5.92 Å². The number of likely N-dealkylation sites (tertiary alicyclic amines) is 1. The van der Waals surface area contributed by atoms with Gasteiger partial charge in [-0.1, -0.05) is 18.2 Å². The fraction of sp³-hybridized carbons (Fsp3) is 0.381. The number of aromatic nitrogens is 1. The normalized spacial score (nSPS) is 20.2. The number of carbonyl (C=O) groups is 2. The van der Waals surface area contributed by atoms with Gasteiger partial charge in [-0.05, 0) is 36.6 Å². The number of piperidine rings is 1. The van der Waals surface area contributed by atoms with Gasteiger partial charge in [0.25, 0.3) is 11.5 Å². The maximum atomic E-state index is 12.9. The minimum atomic E-state index is -0.375. The van der Waals surface area contributed by atoms with E-state index in [0.717, 1.165) is 12.1 Å². The number of pyridine rings is 1. The third-order valence-corrected chi connectivity index (χ3v) is 5.44. The Morgan fingerprint density at radius 2 is 1.89 bits per heavy atom. The predicted octanol–water partition coefficient (Wildman–Crippen LogP) is 1.83. The number of nitrogens with one attached hydrogen (secondary N) is 1. The van der Waals surface area contributed by atoms with Gasteiger partial charge in [-0.25, -0.2) is 0 Å². The summed E-state index contributed by atoms with van der Waals surface area (Å²) in [6.45, 7) is 3.31. The molecule has 2 amide bonds. The van der Waals surface area contributed by atoms with E-state index in [1.165, 1.54) is 0 Å². The third kappa shape index (κ3) is 3.65. The highest BCUT2D eigenvalue weighted by Crippen LogP contribution is 2.35. The van der Waals surface area contributed by atoms with Crippen molar-refractivity contribution in [3.8, 4) is 5.75 Å². The Bertz CT molecular complexity index is 954. The Morgan fingerprint density at radius 1 is 1.11 bits per heavy atom. The van der Waals surface area contributed by atoms with Gasteiger partial charge in [-0.15, -0.1) is 0 Å². The van der Waals surface area contributed by atoms with Crippen LogP contribution in [0.5, 0.6) is 5.75 Å². The number of hydrogen-bond acceptors (Lipinski definition) is 4. The van der Waals surface area contributed by atoms with Crippen molar-refractivity contribution in [3.05, 3.63) is 58.5 Å². The number of benzene rings is 1. The molecule has 2 aliphatic heterocycles. The van der Waals surface area contributed by atoms with Crippen LogP contribution in [0.3, 0.4) is 0 Å². The largest absolute Gasteiger partial charge is 0.484 e. The van der Waals surface area contributed by atoms with Gasteiger partial charge in [0.1, 0.15) is 11.4 Å². The summed E-state index contributed by atoms with van der Waals surface area (Å²) in [7, 11) is 0. The summed E-state index contributed by atoms with van der Waals surface area (Å²) in [6.07, 6.45) is 0.986. The van der Waals surface area contributed by atoms with E-state index < -0.39 is 0 Å². The van der Waals surface area contributed by atoms with Gasteiger partial charge in [-0.3, -0.25) is 14.4 Å². The standard InChI is InChI=1S/C21H23N3O4/c1-14(25)23-10-15-9-16(12-23)19-8-7-18(21(27)24(19)11-15)22-20(26)13-28-17-5-3-2-4-6-17/h2-8,15-16H,9-13H2,1H3,(H,22,26)/t15-,16-/m1/s1. The molecule has 0 spiro atoms. The summed E-state index contributed by atoms with van der Waals surface area (Å²) >= 11 is 0. The van der Waals surface area contributed by atoms with Crippen LogP contribution < -0.4 is 15.6 Å². The van der Waals surface area contributed by atoms with Gasteiger partial charge < -0.3 is 19.5 Å². The molecule has 4 rings (SSSR count). The van der Waals surface area contributed by atoms with Gasteiger partial charge in [-0.2, -0.15) is 0 Å². The molecule has 0 saturated carbocycles. The van der Waals surface area contributed by atoms with E-state index in [1.807, 2.05) is 29.2 Å². The SMILES string of the molecule is CC(=O)N1C[C@H]2C[C@H](C1)c1ccc(NC(=O)COc3ccccc3)c(=O)n1C2.